The number of carbonyl (C=O) groups is 1. The Balaban J connectivity index is 2.22. The quantitative estimate of drug-likeness (QED) is 0.623. The maximum Gasteiger partial charge on any atom is 0.358 e. The van der Waals surface area contributed by atoms with E-state index in [1.165, 1.54) is 30.4 Å². The van der Waals surface area contributed by atoms with Crippen LogP contribution in [0.2, 0.25) is 0 Å². The first-order valence-electron chi connectivity index (χ1n) is 5.15. The molecule has 1 aromatic rings. The van der Waals surface area contributed by atoms with Crippen molar-refractivity contribution < 1.29 is 17.5 Å². The maximum absolute atomic E-state index is 11.8. The summed E-state index contributed by atoms with van der Waals surface area (Å²) in [6.45, 7) is 0. The fraction of sp³-hybridized carbons (Fsp3) is 0. The fourth-order valence-electron chi connectivity index (χ4n) is 1.28. The fourth-order valence-corrected chi connectivity index (χ4v) is 2.47. The summed E-state index contributed by atoms with van der Waals surface area (Å²) in [6, 6.07) is 7.66. The third kappa shape index (κ3) is 3.39. The summed E-state index contributed by atoms with van der Waals surface area (Å²) in [7, 11) is -3.95. The molecular weight excluding hydrogens is 334 g/mol. The highest BCUT2D eigenvalue weighted by Gasteiger charge is 2.16. The van der Waals surface area contributed by atoms with Gasteiger partial charge >= 0.3 is 10.1 Å². The Morgan fingerprint density at radius 1 is 1.11 bits per heavy atom. The van der Waals surface area contributed by atoms with Gasteiger partial charge in [0.1, 0.15) is 10.6 Å². The van der Waals surface area contributed by atoms with Crippen LogP contribution in [0.25, 0.3) is 0 Å². The van der Waals surface area contributed by atoms with Gasteiger partial charge in [0.2, 0.25) is 0 Å². The van der Waals surface area contributed by atoms with E-state index in [1.54, 1.807) is 18.2 Å². The molecule has 0 saturated heterocycles. The lowest BCUT2D eigenvalue weighted by Crippen LogP contribution is -2.08. The highest BCUT2D eigenvalue weighted by molar-refractivity contribution is 9.12. The molecule has 0 heterocycles. The van der Waals surface area contributed by atoms with Crippen molar-refractivity contribution >= 4 is 37.5 Å². The standard InChI is InChI=1S/C12H8BrNO4S/c13-11-8-9(15)6-7-12(11)14-18-19(16,17)10-4-2-1-3-5-10/h1-8H. The molecule has 0 aromatic heterocycles. The van der Waals surface area contributed by atoms with E-state index in [2.05, 4.69) is 25.4 Å². The molecule has 5 nitrogen and oxygen atoms in total. The van der Waals surface area contributed by atoms with Crippen LogP contribution in [0.4, 0.5) is 0 Å². The van der Waals surface area contributed by atoms with E-state index in [-0.39, 0.29) is 16.4 Å². The van der Waals surface area contributed by atoms with Gasteiger partial charge in [-0.2, -0.15) is 8.42 Å². The van der Waals surface area contributed by atoms with Gasteiger partial charge in [0.15, 0.2) is 5.78 Å². The predicted molar refractivity (Wildman–Crippen MR) is 73.3 cm³/mol. The average Bonchev–Trinajstić information content (AvgIpc) is 2.39. The monoisotopic (exact) mass is 341 g/mol. The van der Waals surface area contributed by atoms with Gasteiger partial charge in [-0.25, -0.2) is 0 Å². The molecule has 1 aromatic carbocycles. The molecule has 0 atom stereocenters. The molecule has 0 N–H and O–H groups in total. The summed E-state index contributed by atoms with van der Waals surface area (Å²) >= 11 is 3.10. The van der Waals surface area contributed by atoms with E-state index in [0.717, 1.165) is 0 Å². The lowest BCUT2D eigenvalue weighted by molar-refractivity contribution is -0.110. The van der Waals surface area contributed by atoms with Crippen LogP contribution < -0.4 is 0 Å². The number of carbonyl (C=O) groups excluding carboxylic acids is 1. The van der Waals surface area contributed by atoms with Crippen molar-refractivity contribution in [3.63, 3.8) is 0 Å². The molecule has 1 aliphatic carbocycles. The van der Waals surface area contributed by atoms with Crippen molar-refractivity contribution in [1.29, 1.82) is 0 Å². The zero-order valence-electron chi connectivity index (χ0n) is 9.49. The average molecular weight is 342 g/mol. The minimum atomic E-state index is -3.95. The van der Waals surface area contributed by atoms with Crippen LogP contribution in [-0.4, -0.2) is 19.9 Å². The Hall–Kier alpha value is -1.73. The third-order valence-corrected chi connectivity index (χ3v) is 3.94. The predicted octanol–water partition coefficient (Wildman–Crippen LogP) is 2.17. The Kier molecular flexibility index (Phi) is 3.96. The number of ketones is 1. The van der Waals surface area contributed by atoms with Crippen LogP contribution >= 0.6 is 15.9 Å². The normalized spacial score (nSPS) is 17.4. The lowest BCUT2D eigenvalue weighted by atomic mass is 10.2. The zero-order valence-corrected chi connectivity index (χ0v) is 11.9. The number of benzene rings is 1. The second kappa shape index (κ2) is 5.50. The van der Waals surface area contributed by atoms with Crippen molar-refractivity contribution in [3.05, 3.63) is 53.0 Å². The lowest BCUT2D eigenvalue weighted by Gasteiger charge is -2.05. The van der Waals surface area contributed by atoms with Crippen molar-refractivity contribution in [3.8, 4) is 0 Å². The summed E-state index contributed by atoms with van der Waals surface area (Å²) in [5.41, 5.74) is 0.221. The zero-order chi connectivity index (χ0) is 13.9. The van der Waals surface area contributed by atoms with E-state index in [9.17, 15) is 13.2 Å². The Labute approximate surface area is 118 Å². The van der Waals surface area contributed by atoms with Gasteiger partial charge in [0.25, 0.3) is 0 Å². The van der Waals surface area contributed by atoms with E-state index < -0.39 is 10.1 Å². The highest BCUT2D eigenvalue weighted by Crippen LogP contribution is 2.16. The minimum Gasteiger partial charge on any atom is -0.290 e. The van der Waals surface area contributed by atoms with Crippen LogP contribution in [-0.2, 0) is 19.2 Å². The van der Waals surface area contributed by atoms with Crippen LogP contribution in [0.5, 0.6) is 0 Å². The number of halogens is 1. The largest absolute Gasteiger partial charge is 0.358 e. The first-order chi connectivity index (χ1) is 8.99. The minimum absolute atomic E-state index is 0.00955. The number of hydrogen-bond donors (Lipinski definition) is 0. The molecule has 0 bridgehead atoms. The summed E-state index contributed by atoms with van der Waals surface area (Å²) in [5, 5.41) is 3.52. The molecule has 2 rings (SSSR count). The molecule has 0 radical (unpaired) electrons. The molecule has 1 aliphatic rings. The van der Waals surface area contributed by atoms with Crippen molar-refractivity contribution in [2.24, 2.45) is 5.16 Å². The van der Waals surface area contributed by atoms with Crippen molar-refractivity contribution in [2.75, 3.05) is 0 Å². The molecule has 7 heteroatoms. The number of nitrogens with zero attached hydrogens (tertiary/aromatic N) is 1. The van der Waals surface area contributed by atoms with Crippen LogP contribution in [0.3, 0.4) is 0 Å². The number of rotatable bonds is 3. The first kappa shape index (κ1) is 13.7. The van der Waals surface area contributed by atoms with Gasteiger partial charge in [0, 0.05) is 6.08 Å². The SMILES string of the molecule is O=C1C=CC(=NOS(=O)(=O)c2ccccc2)C(Br)=C1. The second-order valence-electron chi connectivity index (χ2n) is 3.55. The Morgan fingerprint density at radius 3 is 2.42 bits per heavy atom. The molecule has 0 amide bonds. The maximum atomic E-state index is 11.8. The molecular formula is C12H8BrNO4S. The topological polar surface area (TPSA) is 72.8 Å². The molecule has 0 unspecified atom stereocenters. The first-order valence-corrected chi connectivity index (χ1v) is 7.35. The van der Waals surface area contributed by atoms with Crippen LogP contribution in [0.15, 0.2) is 63.1 Å². The van der Waals surface area contributed by atoms with Gasteiger partial charge in [-0.15, -0.1) is 0 Å². The number of allylic oxidation sites excluding steroid dienone is 4. The number of hydrogen-bond acceptors (Lipinski definition) is 5. The van der Waals surface area contributed by atoms with E-state index in [0.29, 0.717) is 4.48 Å². The Morgan fingerprint density at radius 2 is 1.79 bits per heavy atom. The molecule has 0 fully saturated rings. The summed E-state index contributed by atoms with van der Waals surface area (Å²) in [6.07, 6.45) is 3.91. The highest BCUT2D eigenvalue weighted by atomic mass is 79.9. The van der Waals surface area contributed by atoms with Crippen LogP contribution in [0, 0.1) is 0 Å². The summed E-state index contributed by atoms with van der Waals surface area (Å²) in [5.74, 6) is -0.211. The molecule has 0 saturated carbocycles. The number of oxime groups is 1. The second-order valence-corrected chi connectivity index (χ2v) is 5.93. The smallest absolute Gasteiger partial charge is 0.290 e. The third-order valence-electron chi connectivity index (χ3n) is 2.18. The van der Waals surface area contributed by atoms with Gasteiger partial charge < -0.3 is 0 Å². The van der Waals surface area contributed by atoms with E-state index >= 15 is 0 Å². The Bertz CT molecular complexity index is 690. The van der Waals surface area contributed by atoms with Crippen molar-refractivity contribution in [2.45, 2.75) is 4.90 Å². The van der Waals surface area contributed by atoms with E-state index in [4.69, 9.17) is 0 Å². The van der Waals surface area contributed by atoms with Gasteiger partial charge in [-0.1, -0.05) is 23.4 Å². The van der Waals surface area contributed by atoms with Gasteiger partial charge in [-0.3, -0.25) is 9.08 Å². The molecule has 98 valence electrons. The van der Waals surface area contributed by atoms with E-state index in [1.807, 2.05) is 0 Å². The van der Waals surface area contributed by atoms with Gasteiger partial charge in [0.05, 0.1) is 4.48 Å². The summed E-state index contributed by atoms with van der Waals surface area (Å²) < 4.78 is 28.5. The molecule has 0 spiro atoms. The van der Waals surface area contributed by atoms with Crippen LogP contribution in [0.1, 0.15) is 0 Å². The summed E-state index contributed by atoms with van der Waals surface area (Å²) in [4.78, 5) is 11.0. The van der Waals surface area contributed by atoms with Crippen molar-refractivity contribution in [1.82, 2.24) is 0 Å². The van der Waals surface area contributed by atoms with Gasteiger partial charge in [-0.05, 0) is 40.2 Å². The molecule has 19 heavy (non-hydrogen) atoms. The molecule has 0 aliphatic heterocycles.